The lowest BCUT2D eigenvalue weighted by atomic mass is 10.3. The van der Waals surface area contributed by atoms with Crippen LogP contribution in [0.15, 0.2) is 17.0 Å². The number of ether oxygens (including phenoxy) is 2. The van der Waals surface area contributed by atoms with Crippen molar-refractivity contribution in [2.24, 2.45) is 0 Å². The van der Waals surface area contributed by atoms with Gasteiger partial charge in [-0.25, -0.2) is 13.1 Å². The maximum atomic E-state index is 12.0. The average Bonchev–Trinajstić information content (AvgIpc) is 2.37. The number of fused-ring (bicyclic) bond motifs is 1. The maximum Gasteiger partial charge on any atom is 0.304 e. The molecular formula is C11H12ClNO6S. The van der Waals surface area contributed by atoms with Gasteiger partial charge in [-0.2, -0.15) is 0 Å². The average molecular weight is 322 g/mol. The van der Waals surface area contributed by atoms with Crippen molar-refractivity contribution in [1.29, 1.82) is 0 Å². The molecule has 1 aromatic carbocycles. The van der Waals surface area contributed by atoms with Crippen LogP contribution in [0.1, 0.15) is 6.42 Å². The largest absolute Gasteiger partial charge is 0.486 e. The number of hydrogen-bond acceptors (Lipinski definition) is 5. The van der Waals surface area contributed by atoms with Crippen LogP contribution in [-0.2, 0) is 14.8 Å². The van der Waals surface area contributed by atoms with Gasteiger partial charge < -0.3 is 14.6 Å². The fraction of sp³-hybridized carbons (Fsp3) is 0.364. The third kappa shape index (κ3) is 3.33. The fourth-order valence-electron chi connectivity index (χ4n) is 1.62. The second-order valence-electron chi connectivity index (χ2n) is 3.97. The molecule has 0 saturated heterocycles. The van der Waals surface area contributed by atoms with E-state index in [1.165, 1.54) is 12.1 Å². The Morgan fingerprint density at radius 1 is 1.30 bits per heavy atom. The van der Waals surface area contributed by atoms with Crippen molar-refractivity contribution in [3.05, 3.63) is 17.2 Å². The number of aliphatic carboxylic acids is 1. The van der Waals surface area contributed by atoms with Gasteiger partial charge in [0.1, 0.15) is 18.1 Å². The molecule has 0 saturated carbocycles. The van der Waals surface area contributed by atoms with Crippen LogP contribution in [0.25, 0.3) is 0 Å². The quantitative estimate of drug-likeness (QED) is 0.834. The number of hydrogen-bond donors (Lipinski definition) is 2. The zero-order chi connectivity index (χ0) is 14.8. The third-order valence-corrected chi connectivity index (χ3v) is 4.44. The summed E-state index contributed by atoms with van der Waals surface area (Å²) >= 11 is 5.92. The number of rotatable bonds is 5. The SMILES string of the molecule is O=C(O)CCNS(=O)(=O)c1cc2c(cc1Cl)OCCO2. The van der Waals surface area contributed by atoms with E-state index in [2.05, 4.69) is 4.72 Å². The summed E-state index contributed by atoms with van der Waals surface area (Å²) in [5.74, 6) is -0.425. The molecule has 0 amide bonds. The minimum Gasteiger partial charge on any atom is -0.486 e. The summed E-state index contributed by atoms with van der Waals surface area (Å²) in [6.45, 7) is 0.468. The Labute approximate surface area is 120 Å². The summed E-state index contributed by atoms with van der Waals surface area (Å²) in [5.41, 5.74) is 0. The van der Waals surface area contributed by atoms with Crippen LogP contribution in [0.4, 0.5) is 0 Å². The van der Waals surface area contributed by atoms with Crippen LogP contribution in [0, 0.1) is 0 Å². The van der Waals surface area contributed by atoms with E-state index in [1.54, 1.807) is 0 Å². The van der Waals surface area contributed by atoms with Gasteiger partial charge in [-0.1, -0.05) is 11.6 Å². The highest BCUT2D eigenvalue weighted by molar-refractivity contribution is 7.89. The predicted octanol–water partition coefficient (Wildman–Crippen LogP) is 0.864. The zero-order valence-electron chi connectivity index (χ0n) is 10.3. The van der Waals surface area contributed by atoms with E-state index in [0.29, 0.717) is 24.7 Å². The molecule has 2 N–H and O–H groups in total. The van der Waals surface area contributed by atoms with Crippen LogP contribution in [-0.4, -0.2) is 39.3 Å². The van der Waals surface area contributed by atoms with Crippen LogP contribution in [0.2, 0.25) is 5.02 Å². The molecule has 0 spiro atoms. The van der Waals surface area contributed by atoms with Gasteiger partial charge in [0.25, 0.3) is 0 Å². The molecule has 1 aliphatic heterocycles. The molecule has 110 valence electrons. The van der Waals surface area contributed by atoms with E-state index in [1.807, 2.05) is 0 Å². The Hall–Kier alpha value is -1.51. The molecule has 1 aromatic rings. The smallest absolute Gasteiger partial charge is 0.304 e. The van der Waals surface area contributed by atoms with Gasteiger partial charge >= 0.3 is 5.97 Å². The van der Waals surface area contributed by atoms with Crippen molar-refractivity contribution in [2.75, 3.05) is 19.8 Å². The fourth-order valence-corrected chi connectivity index (χ4v) is 3.18. The predicted molar refractivity (Wildman–Crippen MR) is 69.9 cm³/mol. The summed E-state index contributed by atoms with van der Waals surface area (Å²) in [4.78, 5) is 10.2. The van der Waals surface area contributed by atoms with Gasteiger partial charge in [-0.05, 0) is 0 Å². The van der Waals surface area contributed by atoms with Crippen molar-refractivity contribution >= 4 is 27.6 Å². The molecule has 0 bridgehead atoms. The lowest BCUT2D eigenvalue weighted by Crippen LogP contribution is -2.27. The van der Waals surface area contributed by atoms with Crippen LogP contribution in [0.3, 0.4) is 0 Å². The molecular weight excluding hydrogens is 310 g/mol. The lowest BCUT2D eigenvalue weighted by Gasteiger charge is -2.19. The van der Waals surface area contributed by atoms with E-state index in [0.717, 1.165) is 0 Å². The topological polar surface area (TPSA) is 102 Å². The van der Waals surface area contributed by atoms with Crippen molar-refractivity contribution in [2.45, 2.75) is 11.3 Å². The normalized spacial score (nSPS) is 14.1. The molecule has 7 nitrogen and oxygen atoms in total. The second-order valence-corrected chi connectivity index (χ2v) is 6.11. The molecule has 1 heterocycles. The van der Waals surface area contributed by atoms with Gasteiger partial charge in [0.15, 0.2) is 11.5 Å². The lowest BCUT2D eigenvalue weighted by molar-refractivity contribution is -0.136. The summed E-state index contributed by atoms with van der Waals surface area (Å²) < 4.78 is 36.8. The molecule has 0 atom stereocenters. The second kappa shape index (κ2) is 5.86. The number of carboxylic acid groups (broad SMARTS) is 1. The van der Waals surface area contributed by atoms with Gasteiger partial charge in [0.05, 0.1) is 11.4 Å². The highest BCUT2D eigenvalue weighted by Gasteiger charge is 2.23. The standard InChI is InChI=1S/C11H12ClNO6S/c12-7-5-8-9(19-4-3-18-8)6-10(7)20(16,17)13-2-1-11(14)15/h5-6,13H,1-4H2,(H,14,15). The summed E-state index contributed by atoms with van der Waals surface area (Å²) in [6.07, 6.45) is -0.318. The summed E-state index contributed by atoms with van der Waals surface area (Å²) in [6, 6.07) is 2.63. The minimum absolute atomic E-state index is 0.0166. The summed E-state index contributed by atoms with van der Waals surface area (Å²) in [7, 11) is -3.90. The molecule has 0 aromatic heterocycles. The van der Waals surface area contributed by atoms with E-state index >= 15 is 0 Å². The number of carbonyl (C=O) groups is 1. The van der Waals surface area contributed by atoms with E-state index in [-0.39, 0.29) is 22.9 Å². The highest BCUT2D eigenvalue weighted by Crippen LogP contribution is 2.37. The number of sulfonamides is 1. The Bertz CT molecular complexity index is 630. The third-order valence-electron chi connectivity index (χ3n) is 2.52. The molecule has 20 heavy (non-hydrogen) atoms. The summed E-state index contributed by atoms with van der Waals surface area (Å²) in [5, 5.41) is 8.48. The Morgan fingerprint density at radius 2 is 1.90 bits per heavy atom. The Balaban J connectivity index is 2.25. The van der Waals surface area contributed by atoms with E-state index < -0.39 is 16.0 Å². The van der Waals surface area contributed by atoms with E-state index in [9.17, 15) is 13.2 Å². The number of benzene rings is 1. The number of nitrogens with one attached hydrogen (secondary N) is 1. The molecule has 1 aliphatic rings. The van der Waals surface area contributed by atoms with Crippen molar-refractivity contribution < 1.29 is 27.8 Å². The first-order valence-corrected chi connectivity index (χ1v) is 7.57. The number of halogens is 1. The first kappa shape index (κ1) is 14.9. The Kier molecular flexibility index (Phi) is 4.36. The maximum absolute atomic E-state index is 12.0. The van der Waals surface area contributed by atoms with Gasteiger partial charge in [-0.15, -0.1) is 0 Å². The first-order valence-electron chi connectivity index (χ1n) is 5.71. The van der Waals surface area contributed by atoms with Crippen LogP contribution < -0.4 is 14.2 Å². The van der Waals surface area contributed by atoms with Gasteiger partial charge in [-0.3, -0.25) is 4.79 Å². The molecule has 0 unspecified atom stereocenters. The van der Waals surface area contributed by atoms with Crippen molar-refractivity contribution in [3.63, 3.8) is 0 Å². The Morgan fingerprint density at radius 3 is 2.50 bits per heavy atom. The van der Waals surface area contributed by atoms with E-state index in [4.69, 9.17) is 26.2 Å². The van der Waals surface area contributed by atoms with Crippen LogP contribution >= 0.6 is 11.6 Å². The molecule has 9 heteroatoms. The van der Waals surface area contributed by atoms with Crippen molar-refractivity contribution in [3.8, 4) is 11.5 Å². The molecule has 0 aliphatic carbocycles. The van der Waals surface area contributed by atoms with Gasteiger partial charge in [0.2, 0.25) is 10.0 Å². The zero-order valence-corrected chi connectivity index (χ0v) is 11.8. The van der Waals surface area contributed by atoms with Gasteiger partial charge in [0, 0.05) is 18.7 Å². The monoisotopic (exact) mass is 321 g/mol. The minimum atomic E-state index is -3.90. The molecule has 0 radical (unpaired) electrons. The number of carboxylic acids is 1. The first-order chi connectivity index (χ1) is 9.40. The van der Waals surface area contributed by atoms with Crippen molar-refractivity contribution in [1.82, 2.24) is 4.72 Å². The molecule has 0 fully saturated rings. The van der Waals surface area contributed by atoms with Crippen LogP contribution in [0.5, 0.6) is 11.5 Å². The molecule has 2 rings (SSSR count). The highest BCUT2D eigenvalue weighted by atomic mass is 35.5.